The van der Waals surface area contributed by atoms with E-state index in [0.29, 0.717) is 25.5 Å². The predicted molar refractivity (Wildman–Crippen MR) is 136 cm³/mol. The third kappa shape index (κ3) is 6.24. The van der Waals surface area contributed by atoms with Crippen LogP contribution in [0.1, 0.15) is 47.5 Å². The zero-order valence-electron chi connectivity index (χ0n) is 20.1. The van der Waals surface area contributed by atoms with E-state index in [2.05, 4.69) is 9.88 Å². The van der Waals surface area contributed by atoms with Crippen molar-refractivity contribution in [3.05, 3.63) is 56.4 Å². The van der Waals surface area contributed by atoms with Crippen LogP contribution in [0.15, 0.2) is 29.1 Å². The topological polar surface area (TPSA) is 87.7 Å². The van der Waals surface area contributed by atoms with Crippen molar-refractivity contribution in [1.29, 1.82) is 0 Å². The molecule has 0 radical (unpaired) electrons. The number of hydrogen-bond acceptors (Lipinski definition) is 7. The van der Waals surface area contributed by atoms with E-state index in [1.54, 1.807) is 18.4 Å². The van der Waals surface area contributed by atoms with Crippen molar-refractivity contribution < 1.29 is 14.6 Å². The number of hydrogen-bond donors (Lipinski definition) is 2. The zero-order valence-corrected chi connectivity index (χ0v) is 21.0. The Morgan fingerprint density at radius 2 is 2.06 bits per heavy atom. The highest BCUT2D eigenvalue weighted by molar-refractivity contribution is 7.18. The number of benzene rings is 1. The molecule has 7 nitrogen and oxygen atoms in total. The predicted octanol–water partition coefficient (Wildman–Crippen LogP) is 3.84. The van der Waals surface area contributed by atoms with Crippen LogP contribution >= 0.6 is 11.3 Å². The van der Waals surface area contributed by atoms with E-state index in [0.717, 1.165) is 53.8 Å². The molecule has 0 saturated heterocycles. The molecule has 2 N–H and O–H groups in total. The molecule has 2 aromatic heterocycles. The smallest absolute Gasteiger partial charge is 0.259 e. The highest BCUT2D eigenvalue weighted by atomic mass is 32.1. The number of fused-ring (bicyclic) bond motifs is 3. The number of aromatic amines is 1. The summed E-state index contributed by atoms with van der Waals surface area (Å²) in [5.41, 5.74) is 2.20. The molecule has 8 heteroatoms. The molecule has 0 aliphatic heterocycles. The van der Waals surface area contributed by atoms with Crippen LogP contribution in [0, 0.1) is 6.92 Å². The van der Waals surface area contributed by atoms with Crippen LogP contribution in [-0.4, -0.2) is 59.5 Å². The first-order valence-electron chi connectivity index (χ1n) is 12.2. The molecule has 1 aliphatic carbocycles. The van der Waals surface area contributed by atoms with E-state index in [-0.39, 0.29) is 12.2 Å². The summed E-state index contributed by atoms with van der Waals surface area (Å²) in [5, 5.41) is 11.5. The van der Waals surface area contributed by atoms with Gasteiger partial charge in [0.2, 0.25) is 0 Å². The molecule has 34 heavy (non-hydrogen) atoms. The van der Waals surface area contributed by atoms with Gasteiger partial charge in [0, 0.05) is 31.7 Å². The summed E-state index contributed by atoms with van der Waals surface area (Å²) in [4.78, 5) is 25.1. The summed E-state index contributed by atoms with van der Waals surface area (Å²) in [7, 11) is 1.68. The minimum Gasteiger partial charge on any atom is -0.491 e. The van der Waals surface area contributed by atoms with E-state index in [1.165, 1.54) is 23.3 Å². The van der Waals surface area contributed by atoms with Gasteiger partial charge in [0.05, 0.1) is 11.9 Å². The second-order valence-corrected chi connectivity index (χ2v) is 10.2. The first kappa shape index (κ1) is 24.9. The number of thiophene rings is 1. The summed E-state index contributed by atoms with van der Waals surface area (Å²) in [6.07, 6.45) is 5.70. The quantitative estimate of drug-likeness (QED) is 0.317. The van der Waals surface area contributed by atoms with Crippen LogP contribution in [0.25, 0.3) is 10.2 Å². The number of nitrogens with one attached hydrogen (secondary N) is 1. The van der Waals surface area contributed by atoms with Gasteiger partial charge < -0.3 is 19.6 Å². The molecular weight excluding hydrogens is 450 g/mol. The van der Waals surface area contributed by atoms with Gasteiger partial charge in [-0.3, -0.25) is 9.69 Å². The fourth-order valence-electron chi connectivity index (χ4n) is 4.59. The molecule has 3 aromatic rings. The Morgan fingerprint density at radius 3 is 2.88 bits per heavy atom. The Morgan fingerprint density at radius 1 is 1.24 bits per heavy atom. The van der Waals surface area contributed by atoms with Gasteiger partial charge in [-0.05, 0) is 56.2 Å². The Labute approximate surface area is 204 Å². The number of aryl methyl sites for hydroxylation is 3. The van der Waals surface area contributed by atoms with Gasteiger partial charge in [0.1, 0.15) is 29.1 Å². The van der Waals surface area contributed by atoms with Crippen LogP contribution in [-0.2, 0) is 24.1 Å². The SMILES string of the molecule is COCCCN(Cc1nc2sc3c(c2c(=O)[nH]1)CCCCC3)CC(O)COc1ccccc1C. The molecular formula is C26H35N3O4S. The van der Waals surface area contributed by atoms with Crippen LogP contribution < -0.4 is 10.3 Å². The molecule has 0 fully saturated rings. The van der Waals surface area contributed by atoms with Gasteiger partial charge in [-0.15, -0.1) is 11.3 Å². The molecule has 1 aliphatic rings. The Balaban J connectivity index is 1.46. The molecule has 1 aromatic carbocycles. The summed E-state index contributed by atoms with van der Waals surface area (Å²) in [6, 6.07) is 7.78. The Hall–Kier alpha value is -2.26. The van der Waals surface area contributed by atoms with Crippen molar-refractivity contribution >= 4 is 21.6 Å². The largest absolute Gasteiger partial charge is 0.491 e. The monoisotopic (exact) mass is 485 g/mol. The van der Waals surface area contributed by atoms with Gasteiger partial charge in [-0.25, -0.2) is 4.98 Å². The zero-order chi connectivity index (χ0) is 23.9. The lowest BCUT2D eigenvalue weighted by Crippen LogP contribution is -2.37. The van der Waals surface area contributed by atoms with Crippen molar-refractivity contribution in [2.75, 3.05) is 33.4 Å². The number of aliphatic hydroxyl groups excluding tert-OH is 1. The number of aliphatic hydroxyl groups is 1. The number of nitrogens with zero attached hydrogens (tertiary/aromatic N) is 2. The third-order valence-electron chi connectivity index (χ3n) is 6.31. The fraction of sp³-hybridized carbons (Fsp3) is 0.538. The Bertz CT molecular complexity index is 1140. The van der Waals surface area contributed by atoms with Gasteiger partial charge >= 0.3 is 0 Å². The van der Waals surface area contributed by atoms with Crippen LogP contribution in [0.3, 0.4) is 0 Å². The summed E-state index contributed by atoms with van der Waals surface area (Å²) in [5.74, 6) is 1.42. The number of para-hydroxylation sites is 1. The molecule has 0 spiro atoms. The second-order valence-electron chi connectivity index (χ2n) is 9.07. The lowest BCUT2D eigenvalue weighted by Gasteiger charge is -2.24. The minimum absolute atomic E-state index is 0.0420. The van der Waals surface area contributed by atoms with E-state index >= 15 is 0 Å². The summed E-state index contributed by atoms with van der Waals surface area (Å²) < 4.78 is 11.0. The number of ether oxygens (including phenoxy) is 2. The van der Waals surface area contributed by atoms with Gasteiger partial charge in [0.25, 0.3) is 5.56 Å². The van der Waals surface area contributed by atoms with Crippen LogP contribution in [0.5, 0.6) is 5.75 Å². The van der Waals surface area contributed by atoms with Crippen molar-refractivity contribution in [2.24, 2.45) is 0 Å². The standard InChI is InChI=1S/C26H35N3O4S/c1-18-9-6-7-11-21(18)33-17-19(30)15-29(13-8-14-32-2)16-23-27-25(31)24-20-10-4-3-5-12-22(20)34-26(24)28-23/h6-7,9,11,19,30H,3-5,8,10,12-17H2,1-2H3,(H,27,28,31). The van der Waals surface area contributed by atoms with E-state index in [4.69, 9.17) is 14.5 Å². The molecule has 2 heterocycles. The van der Waals surface area contributed by atoms with Crippen molar-refractivity contribution in [2.45, 2.75) is 58.1 Å². The van der Waals surface area contributed by atoms with E-state index < -0.39 is 6.10 Å². The van der Waals surface area contributed by atoms with E-state index in [1.807, 2.05) is 31.2 Å². The first-order valence-corrected chi connectivity index (χ1v) is 13.0. The lowest BCUT2D eigenvalue weighted by atomic mass is 10.1. The molecule has 1 unspecified atom stereocenters. The Kier molecular flexibility index (Phi) is 8.72. The molecule has 0 amide bonds. The number of rotatable bonds is 11. The third-order valence-corrected chi connectivity index (χ3v) is 7.50. The average molecular weight is 486 g/mol. The molecule has 0 saturated carbocycles. The summed E-state index contributed by atoms with van der Waals surface area (Å²) in [6.45, 7) is 4.41. The fourth-order valence-corrected chi connectivity index (χ4v) is 5.88. The number of H-pyrrole nitrogens is 1. The van der Waals surface area contributed by atoms with Crippen LogP contribution in [0.4, 0.5) is 0 Å². The minimum atomic E-state index is -0.671. The number of methoxy groups -OCH3 is 1. The molecule has 0 bridgehead atoms. The van der Waals surface area contributed by atoms with Crippen LogP contribution in [0.2, 0.25) is 0 Å². The molecule has 1 atom stereocenters. The van der Waals surface area contributed by atoms with Gasteiger partial charge in [0.15, 0.2) is 0 Å². The highest BCUT2D eigenvalue weighted by Gasteiger charge is 2.20. The van der Waals surface area contributed by atoms with Gasteiger partial charge in [-0.1, -0.05) is 24.6 Å². The normalized spacial score (nSPS) is 14.8. The van der Waals surface area contributed by atoms with Crippen molar-refractivity contribution in [3.63, 3.8) is 0 Å². The highest BCUT2D eigenvalue weighted by Crippen LogP contribution is 2.32. The van der Waals surface area contributed by atoms with Crippen molar-refractivity contribution in [3.8, 4) is 5.75 Å². The number of aromatic nitrogens is 2. The average Bonchev–Trinajstić information content (AvgIpc) is 3.00. The second kappa shape index (κ2) is 11.9. The molecule has 4 rings (SSSR count). The van der Waals surface area contributed by atoms with Crippen molar-refractivity contribution in [1.82, 2.24) is 14.9 Å². The lowest BCUT2D eigenvalue weighted by molar-refractivity contribution is 0.0607. The van der Waals surface area contributed by atoms with E-state index in [9.17, 15) is 9.90 Å². The van der Waals surface area contributed by atoms with Gasteiger partial charge in [-0.2, -0.15) is 0 Å². The summed E-state index contributed by atoms with van der Waals surface area (Å²) >= 11 is 1.67. The molecule has 184 valence electrons. The maximum Gasteiger partial charge on any atom is 0.259 e. The maximum atomic E-state index is 13.0. The first-order chi connectivity index (χ1) is 16.5. The maximum absolute atomic E-state index is 13.0.